The van der Waals surface area contributed by atoms with E-state index in [0.29, 0.717) is 18.1 Å². The maximum atomic E-state index is 3.45. The molecule has 0 unspecified atom stereocenters. The third kappa shape index (κ3) is 5.75. The van der Waals surface area contributed by atoms with Gasteiger partial charge in [-0.3, -0.25) is 4.90 Å². The van der Waals surface area contributed by atoms with Gasteiger partial charge in [0.1, 0.15) is 0 Å². The smallest absolute Gasteiger partial charge is 0.0239 e. The lowest BCUT2D eigenvalue weighted by Crippen LogP contribution is -2.36. The summed E-state index contributed by atoms with van der Waals surface area (Å²) in [6.45, 7) is 15.4. The zero-order valence-electron chi connectivity index (χ0n) is 13.4. The normalized spacial score (nSPS) is 12.1. The van der Waals surface area contributed by atoms with Crippen LogP contribution in [0.5, 0.6) is 0 Å². The van der Waals surface area contributed by atoms with E-state index >= 15 is 0 Å². The Kier molecular flexibility index (Phi) is 6.53. The number of nitrogens with zero attached hydrogens (tertiary/aromatic N) is 1. The molecule has 0 aromatic heterocycles. The second-order valence-electron chi connectivity index (χ2n) is 6.21. The van der Waals surface area contributed by atoms with Crippen molar-refractivity contribution in [1.29, 1.82) is 0 Å². The molecular weight excluding hydrogens is 232 g/mol. The van der Waals surface area contributed by atoms with E-state index in [2.05, 4.69) is 76.0 Å². The second kappa shape index (κ2) is 7.66. The molecule has 1 aromatic carbocycles. The van der Waals surface area contributed by atoms with Crippen LogP contribution in [0.1, 0.15) is 52.7 Å². The van der Waals surface area contributed by atoms with Gasteiger partial charge in [0.15, 0.2) is 0 Å². The standard InChI is InChI=1S/C17H30N2/c1-13(2)18-11-16-7-9-17(10-8-16)12-19(14(3)4)15(5)6/h7-10,13-15,18H,11-12H2,1-6H3. The number of hydrogen-bond acceptors (Lipinski definition) is 2. The first-order valence-corrected chi connectivity index (χ1v) is 7.47. The van der Waals surface area contributed by atoms with Crippen molar-refractivity contribution in [3.8, 4) is 0 Å². The largest absolute Gasteiger partial charge is 0.310 e. The highest BCUT2D eigenvalue weighted by atomic mass is 15.2. The predicted molar refractivity (Wildman–Crippen MR) is 84.2 cm³/mol. The summed E-state index contributed by atoms with van der Waals surface area (Å²) in [5.41, 5.74) is 2.76. The summed E-state index contributed by atoms with van der Waals surface area (Å²) in [5.74, 6) is 0. The summed E-state index contributed by atoms with van der Waals surface area (Å²) in [4.78, 5) is 2.52. The highest BCUT2D eigenvalue weighted by Gasteiger charge is 2.13. The fourth-order valence-electron chi connectivity index (χ4n) is 2.26. The monoisotopic (exact) mass is 262 g/mol. The van der Waals surface area contributed by atoms with Crippen LogP contribution < -0.4 is 5.32 Å². The molecule has 0 bridgehead atoms. The number of rotatable bonds is 7. The van der Waals surface area contributed by atoms with Gasteiger partial charge in [0.05, 0.1) is 0 Å². The Balaban J connectivity index is 2.60. The van der Waals surface area contributed by atoms with Crippen LogP contribution >= 0.6 is 0 Å². The molecule has 0 saturated heterocycles. The molecule has 0 aliphatic carbocycles. The molecule has 1 N–H and O–H groups in total. The van der Waals surface area contributed by atoms with Crippen molar-refractivity contribution in [2.24, 2.45) is 0 Å². The average Bonchev–Trinajstić information content (AvgIpc) is 2.34. The molecule has 2 heteroatoms. The van der Waals surface area contributed by atoms with Crippen LogP contribution in [-0.2, 0) is 13.1 Å². The van der Waals surface area contributed by atoms with Gasteiger partial charge in [0.25, 0.3) is 0 Å². The number of benzene rings is 1. The molecule has 0 aliphatic rings. The van der Waals surface area contributed by atoms with E-state index in [1.165, 1.54) is 11.1 Å². The Bertz CT molecular complexity index is 344. The molecule has 0 saturated carbocycles. The van der Waals surface area contributed by atoms with Gasteiger partial charge in [-0.2, -0.15) is 0 Å². The van der Waals surface area contributed by atoms with Gasteiger partial charge in [0.2, 0.25) is 0 Å². The van der Waals surface area contributed by atoms with Gasteiger partial charge in [0, 0.05) is 31.2 Å². The molecule has 0 amide bonds. The van der Waals surface area contributed by atoms with E-state index in [0.717, 1.165) is 13.1 Å². The van der Waals surface area contributed by atoms with Crippen molar-refractivity contribution >= 4 is 0 Å². The third-order valence-corrected chi connectivity index (χ3v) is 3.43. The maximum Gasteiger partial charge on any atom is 0.0239 e. The van der Waals surface area contributed by atoms with Crippen molar-refractivity contribution in [2.75, 3.05) is 0 Å². The van der Waals surface area contributed by atoms with Gasteiger partial charge in [-0.15, -0.1) is 0 Å². The number of nitrogens with one attached hydrogen (secondary N) is 1. The molecule has 1 aromatic rings. The van der Waals surface area contributed by atoms with Crippen molar-refractivity contribution in [1.82, 2.24) is 10.2 Å². The van der Waals surface area contributed by atoms with Gasteiger partial charge >= 0.3 is 0 Å². The lowest BCUT2D eigenvalue weighted by Gasteiger charge is -2.30. The van der Waals surface area contributed by atoms with E-state index in [-0.39, 0.29) is 0 Å². The molecular formula is C17H30N2. The molecule has 19 heavy (non-hydrogen) atoms. The van der Waals surface area contributed by atoms with Gasteiger partial charge in [-0.25, -0.2) is 0 Å². The van der Waals surface area contributed by atoms with Crippen LogP contribution in [-0.4, -0.2) is 23.0 Å². The second-order valence-corrected chi connectivity index (χ2v) is 6.21. The minimum Gasteiger partial charge on any atom is -0.310 e. The van der Waals surface area contributed by atoms with Crippen molar-refractivity contribution in [3.63, 3.8) is 0 Å². The summed E-state index contributed by atoms with van der Waals surface area (Å²) in [7, 11) is 0. The quantitative estimate of drug-likeness (QED) is 0.804. The minimum absolute atomic E-state index is 0.539. The average molecular weight is 262 g/mol. The van der Waals surface area contributed by atoms with E-state index in [1.54, 1.807) is 0 Å². The maximum absolute atomic E-state index is 3.45. The van der Waals surface area contributed by atoms with E-state index in [4.69, 9.17) is 0 Å². The zero-order chi connectivity index (χ0) is 14.4. The highest BCUT2D eigenvalue weighted by molar-refractivity contribution is 5.22. The zero-order valence-corrected chi connectivity index (χ0v) is 13.4. The Labute approximate surface area is 119 Å². The van der Waals surface area contributed by atoms with E-state index < -0.39 is 0 Å². The van der Waals surface area contributed by atoms with Gasteiger partial charge in [-0.1, -0.05) is 38.1 Å². The van der Waals surface area contributed by atoms with Crippen LogP contribution in [0.4, 0.5) is 0 Å². The Hall–Kier alpha value is -0.860. The first kappa shape index (κ1) is 16.2. The predicted octanol–water partition coefficient (Wildman–Crippen LogP) is 3.80. The Morgan fingerprint density at radius 3 is 1.74 bits per heavy atom. The summed E-state index contributed by atoms with van der Waals surface area (Å²) in [6, 6.07) is 10.7. The fraction of sp³-hybridized carbons (Fsp3) is 0.647. The topological polar surface area (TPSA) is 15.3 Å². The van der Waals surface area contributed by atoms with Crippen LogP contribution in [0.3, 0.4) is 0 Å². The van der Waals surface area contributed by atoms with Gasteiger partial charge in [-0.05, 0) is 38.8 Å². The SMILES string of the molecule is CC(C)NCc1ccc(CN(C(C)C)C(C)C)cc1. The van der Waals surface area contributed by atoms with Crippen molar-refractivity contribution in [3.05, 3.63) is 35.4 Å². The minimum atomic E-state index is 0.539. The molecule has 0 radical (unpaired) electrons. The summed E-state index contributed by atoms with van der Waals surface area (Å²) in [6.07, 6.45) is 0. The first-order chi connectivity index (χ1) is 8.90. The van der Waals surface area contributed by atoms with Crippen LogP contribution in [0.2, 0.25) is 0 Å². The molecule has 108 valence electrons. The van der Waals surface area contributed by atoms with Crippen molar-refractivity contribution < 1.29 is 0 Å². The molecule has 0 heterocycles. The fourth-order valence-corrected chi connectivity index (χ4v) is 2.26. The molecule has 0 aliphatic heterocycles. The van der Waals surface area contributed by atoms with E-state index in [9.17, 15) is 0 Å². The lowest BCUT2D eigenvalue weighted by molar-refractivity contribution is 0.166. The van der Waals surface area contributed by atoms with Crippen LogP contribution in [0.25, 0.3) is 0 Å². The third-order valence-electron chi connectivity index (χ3n) is 3.43. The Morgan fingerprint density at radius 2 is 1.32 bits per heavy atom. The van der Waals surface area contributed by atoms with Gasteiger partial charge < -0.3 is 5.32 Å². The summed E-state index contributed by atoms with van der Waals surface area (Å²) < 4.78 is 0. The molecule has 1 rings (SSSR count). The summed E-state index contributed by atoms with van der Waals surface area (Å²) in [5, 5.41) is 3.45. The Morgan fingerprint density at radius 1 is 0.842 bits per heavy atom. The highest BCUT2D eigenvalue weighted by Crippen LogP contribution is 2.13. The molecule has 0 atom stereocenters. The van der Waals surface area contributed by atoms with Crippen LogP contribution in [0.15, 0.2) is 24.3 Å². The summed E-state index contributed by atoms with van der Waals surface area (Å²) >= 11 is 0. The molecule has 0 fully saturated rings. The lowest BCUT2D eigenvalue weighted by atomic mass is 10.1. The van der Waals surface area contributed by atoms with E-state index in [1.807, 2.05) is 0 Å². The van der Waals surface area contributed by atoms with Crippen LogP contribution in [0, 0.1) is 0 Å². The van der Waals surface area contributed by atoms with Crippen molar-refractivity contribution in [2.45, 2.75) is 72.8 Å². The molecule has 0 spiro atoms. The first-order valence-electron chi connectivity index (χ1n) is 7.47. The molecule has 2 nitrogen and oxygen atoms in total. The number of hydrogen-bond donors (Lipinski definition) is 1.